The number of anilines is 2. The molecule has 0 saturated carbocycles. The highest BCUT2D eigenvalue weighted by Gasteiger charge is 2.64. The Balaban J connectivity index is 2.35. The number of methoxy groups -OCH3 is 1. The van der Waals surface area contributed by atoms with E-state index in [4.69, 9.17) is 4.74 Å². The van der Waals surface area contributed by atoms with Crippen LogP contribution in [0.25, 0.3) is 0 Å². The van der Waals surface area contributed by atoms with Crippen LogP contribution in [0.4, 0.5) is 29.5 Å². The maximum absolute atomic E-state index is 14.0. The summed E-state index contributed by atoms with van der Waals surface area (Å²) >= 11 is 0. The quantitative estimate of drug-likeness (QED) is 0.313. The second-order valence-corrected chi connectivity index (χ2v) is 8.21. The van der Waals surface area contributed by atoms with E-state index in [0.717, 1.165) is 24.3 Å². The van der Waals surface area contributed by atoms with Gasteiger partial charge in [0.1, 0.15) is 0 Å². The van der Waals surface area contributed by atoms with E-state index < -0.39 is 40.5 Å². The van der Waals surface area contributed by atoms with E-state index in [9.17, 15) is 31.2 Å². The topological polar surface area (TPSA) is 158 Å². The fourth-order valence-electron chi connectivity index (χ4n) is 2.56. The number of benzene rings is 1. The lowest BCUT2D eigenvalue weighted by Gasteiger charge is -2.34. The smallest absolute Gasteiger partial charge is 0.442 e. The van der Waals surface area contributed by atoms with Crippen LogP contribution in [0.15, 0.2) is 41.3 Å². The summed E-state index contributed by atoms with van der Waals surface area (Å²) in [5, 5.41) is 10.6. The van der Waals surface area contributed by atoms with Gasteiger partial charge in [0, 0.05) is 11.8 Å². The Morgan fingerprint density at radius 2 is 1.60 bits per heavy atom. The van der Waals surface area contributed by atoms with E-state index in [-0.39, 0.29) is 28.9 Å². The van der Waals surface area contributed by atoms with Gasteiger partial charge >= 0.3 is 23.9 Å². The Bertz CT molecular complexity index is 1130. The minimum Gasteiger partial charge on any atom is -0.480 e. The second kappa shape index (κ2) is 11.1. The first-order chi connectivity index (χ1) is 16.4. The van der Waals surface area contributed by atoms with E-state index in [0.29, 0.717) is 0 Å². The molecule has 3 N–H and O–H groups in total. The van der Waals surface area contributed by atoms with Gasteiger partial charge in [0.15, 0.2) is 5.82 Å². The van der Waals surface area contributed by atoms with Gasteiger partial charge in [-0.1, -0.05) is 0 Å². The first-order valence-electron chi connectivity index (χ1n) is 9.86. The lowest BCUT2D eigenvalue weighted by molar-refractivity contribution is -0.205. The molecule has 2 rings (SSSR count). The van der Waals surface area contributed by atoms with Gasteiger partial charge in [0.25, 0.3) is 10.0 Å². The fourth-order valence-corrected chi connectivity index (χ4v) is 3.56. The number of nitrogens with zero attached hydrogens (tertiary/aromatic N) is 2. The van der Waals surface area contributed by atoms with Crippen molar-refractivity contribution in [2.24, 2.45) is 0 Å². The Morgan fingerprint density at radius 3 is 2.09 bits per heavy atom. The van der Waals surface area contributed by atoms with Crippen LogP contribution in [-0.2, 0) is 24.3 Å². The molecular formula is C19H22F3N5O7S. The maximum Gasteiger partial charge on any atom is 0.442 e. The highest BCUT2D eigenvalue weighted by molar-refractivity contribution is 7.92. The van der Waals surface area contributed by atoms with Crippen molar-refractivity contribution in [3.05, 3.63) is 36.4 Å². The number of amides is 1. The predicted molar refractivity (Wildman–Crippen MR) is 115 cm³/mol. The molecule has 0 spiro atoms. The van der Waals surface area contributed by atoms with Gasteiger partial charge in [-0.05, 0) is 44.2 Å². The van der Waals surface area contributed by atoms with Gasteiger partial charge in [-0.2, -0.15) is 13.2 Å². The molecule has 1 atom stereocenters. The number of esters is 1. The highest BCUT2D eigenvalue weighted by Crippen LogP contribution is 2.33. The summed E-state index contributed by atoms with van der Waals surface area (Å²) in [4.78, 5) is 23.8. The number of alkyl carbamates (subject to hydrolysis) is 1. The Labute approximate surface area is 198 Å². The van der Waals surface area contributed by atoms with Gasteiger partial charge in [-0.3, -0.25) is 10.0 Å². The standard InChI is InChI=1S/C19H22F3N5O7S/c1-4-33-16(28)18(19(20,21)22,24-17(29)34-5-2)23-12-6-8-13(9-7-12)35(30,31)27-14-10-11-15(32-3)26-25-14/h6-11,23H,4-5H2,1-3H3,(H,24,29)(H,25,27)/t18-/m1/s1. The number of nitrogens with one attached hydrogen (secondary N) is 3. The summed E-state index contributed by atoms with van der Waals surface area (Å²) in [5.74, 6) is -1.84. The summed E-state index contributed by atoms with van der Waals surface area (Å²) in [5.41, 5.74) is -4.08. The summed E-state index contributed by atoms with van der Waals surface area (Å²) in [6, 6.07) is 6.51. The molecule has 0 fully saturated rings. The van der Waals surface area contributed by atoms with Crippen molar-refractivity contribution in [3.8, 4) is 5.88 Å². The van der Waals surface area contributed by atoms with Crippen LogP contribution >= 0.6 is 0 Å². The lowest BCUT2D eigenvalue weighted by Crippen LogP contribution is -2.69. The van der Waals surface area contributed by atoms with Crippen molar-refractivity contribution in [2.75, 3.05) is 30.4 Å². The van der Waals surface area contributed by atoms with Crippen LogP contribution in [0.5, 0.6) is 5.88 Å². The minimum absolute atomic E-state index is 0.134. The molecule has 0 unspecified atom stereocenters. The largest absolute Gasteiger partial charge is 0.480 e. The molecule has 35 heavy (non-hydrogen) atoms. The first-order valence-corrected chi connectivity index (χ1v) is 11.3. The summed E-state index contributed by atoms with van der Waals surface area (Å²) < 4.78 is 83.2. The third kappa shape index (κ3) is 6.62. The zero-order valence-electron chi connectivity index (χ0n) is 18.7. The molecule has 12 nitrogen and oxygen atoms in total. The molecule has 0 bridgehead atoms. The number of halogens is 3. The van der Waals surface area contributed by atoms with Gasteiger partial charge in [-0.25, -0.2) is 18.0 Å². The van der Waals surface area contributed by atoms with Crippen LogP contribution in [0.2, 0.25) is 0 Å². The average Bonchev–Trinajstić information content (AvgIpc) is 2.78. The van der Waals surface area contributed by atoms with E-state index in [1.54, 1.807) is 0 Å². The number of carbonyl (C=O) groups is 2. The van der Waals surface area contributed by atoms with Crippen molar-refractivity contribution in [3.63, 3.8) is 0 Å². The monoisotopic (exact) mass is 521 g/mol. The van der Waals surface area contributed by atoms with E-state index in [1.807, 2.05) is 5.32 Å². The molecule has 2 aromatic rings. The number of aromatic nitrogens is 2. The molecular weight excluding hydrogens is 499 g/mol. The number of ether oxygens (including phenoxy) is 3. The number of hydrogen-bond acceptors (Lipinski definition) is 10. The minimum atomic E-state index is -5.38. The Hall–Kier alpha value is -3.82. The summed E-state index contributed by atoms with van der Waals surface area (Å²) in [6.07, 6.45) is -6.92. The van der Waals surface area contributed by atoms with E-state index >= 15 is 0 Å². The number of hydrogen-bond donors (Lipinski definition) is 3. The summed E-state index contributed by atoms with van der Waals surface area (Å²) in [7, 11) is -2.85. The number of alkyl halides is 3. The predicted octanol–water partition coefficient (Wildman–Crippen LogP) is 2.27. The lowest BCUT2D eigenvalue weighted by atomic mass is 10.1. The average molecular weight is 521 g/mol. The van der Waals surface area contributed by atoms with Crippen LogP contribution in [0.3, 0.4) is 0 Å². The van der Waals surface area contributed by atoms with Crippen LogP contribution in [0.1, 0.15) is 13.8 Å². The van der Waals surface area contributed by atoms with Gasteiger partial charge in [0.05, 0.1) is 25.2 Å². The highest BCUT2D eigenvalue weighted by atomic mass is 32.2. The normalized spacial score (nSPS) is 13.2. The third-order valence-corrected chi connectivity index (χ3v) is 5.53. The van der Waals surface area contributed by atoms with Crippen molar-refractivity contribution in [2.45, 2.75) is 30.6 Å². The van der Waals surface area contributed by atoms with Crippen molar-refractivity contribution >= 4 is 33.6 Å². The molecule has 0 aliphatic heterocycles. The molecule has 1 heterocycles. The van der Waals surface area contributed by atoms with E-state index in [1.165, 1.54) is 38.4 Å². The second-order valence-electron chi connectivity index (χ2n) is 6.53. The molecule has 0 aliphatic rings. The van der Waals surface area contributed by atoms with Gasteiger partial charge in [-0.15, -0.1) is 10.2 Å². The Kier molecular flexibility index (Phi) is 8.67. The molecule has 1 amide bonds. The van der Waals surface area contributed by atoms with E-state index in [2.05, 4.69) is 24.4 Å². The molecule has 0 aliphatic carbocycles. The molecule has 1 aromatic carbocycles. The third-order valence-electron chi connectivity index (χ3n) is 4.16. The zero-order valence-corrected chi connectivity index (χ0v) is 19.5. The van der Waals surface area contributed by atoms with Crippen molar-refractivity contribution in [1.82, 2.24) is 15.5 Å². The Morgan fingerprint density at radius 1 is 0.971 bits per heavy atom. The molecule has 0 saturated heterocycles. The zero-order chi connectivity index (χ0) is 26.3. The fraction of sp³-hybridized carbons (Fsp3) is 0.368. The maximum atomic E-state index is 14.0. The molecule has 1 aromatic heterocycles. The van der Waals surface area contributed by atoms with Crippen molar-refractivity contribution in [1.29, 1.82) is 0 Å². The summed E-state index contributed by atoms with van der Waals surface area (Å²) in [6.45, 7) is 1.96. The van der Waals surface area contributed by atoms with Gasteiger partial charge < -0.3 is 19.5 Å². The first kappa shape index (κ1) is 27.4. The number of carbonyl (C=O) groups excluding carboxylic acids is 2. The van der Waals surface area contributed by atoms with Gasteiger partial charge in [0.2, 0.25) is 5.88 Å². The van der Waals surface area contributed by atoms with Crippen molar-refractivity contribution < 1.29 is 45.4 Å². The molecule has 0 radical (unpaired) electrons. The molecule has 192 valence electrons. The SMILES string of the molecule is CCOC(=O)N[C@](Nc1ccc(S(=O)(=O)Nc2ccc(OC)nn2)cc1)(C(=O)OCC)C(F)(F)F. The number of rotatable bonds is 10. The van der Waals surface area contributed by atoms with Crippen LogP contribution in [0, 0.1) is 0 Å². The molecule has 16 heteroatoms. The van der Waals surface area contributed by atoms with Crippen LogP contribution < -0.4 is 20.1 Å². The van der Waals surface area contributed by atoms with Crippen LogP contribution in [-0.4, -0.2) is 62.8 Å². The number of sulfonamides is 1.